The molecular weight excluding hydrogens is 240 g/mol. The van der Waals surface area contributed by atoms with Crippen molar-refractivity contribution in [2.24, 2.45) is 0 Å². The molecule has 8 nitrogen and oxygen atoms in total. The number of carbonyl (C=O) groups is 2. The van der Waals surface area contributed by atoms with E-state index in [1.807, 2.05) is 0 Å². The molecule has 0 bridgehead atoms. The molecule has 8 heteroatoms. The van der Waals surface area contributed by atoms with Gasteiger partial charge in [-0.25, -0.2) is 4.79 Å². The molecule has 0 unspecified atom stereocenters. The molecule has 0 fully saturated rings. The van der Waals surface area contributed by atoms with Crippen LogP contribution in [-0.4, -0.2) is 28.3 Å². The molecule has 1 rings (SSSR count). The van der Waals surface area contributed by atoms with E-state index in [0.29, 0.717) is 0 Å². The van der Waals surface area contributed by atoms with Crippen LogP contribution in [0.5, 0.6) is 0 Å². The highest BCUT2D eigenvalue weighted by molar-refractivity contribution is 6.39. The van der Waals surface area contributed by atoms with Crippen LogP contribution >= 0.6 is 0 Å². The van der Waals surface area contributed by atoms with E-state index < -0.39 is 17.3 Å². The molecule has 0 spiro atoms. The van der Waals surface area contributed by atoms with Gasteiger partial charge in [-0.15, -0.1) is 0 Å². The van der Waals surface area contributed by atoms with Gasteiger partial charge in [0.1, 0.15) is 5.82 Å². The number of ketones is 1. The third-order valence-corrected chi connectivity index (χ3v) is 1.88. The van der Waals surface area contributed by atoms with Gasteiger partial charge in [0.15, 0.2) is 0 Å². The van der Waals surface area contributed by atoms with E-state index in [1.165, 1.54) is 0 Å². The maximum Gasteiger partial charge on any atom is 0.379 e. The van der Waals surface area contributed by atoms with Crippen LogP contribution in [0.3, 0.4) is 0 Å². The quantitative estimate of drug-likeness (QED) is 0.357. The van der Waals surface area contributed by atoms with E-state index in [1.54, 1.807) is 6.92 Å². The van der Waals surface area contributed by atoms with Gasteiger partial charge in [-0.3, -0.25) is 14.6 Å². The number of nitrogen functional groups attached to an aromatic ring is 2. The van der Waals surface area contributed by atoms with Crippen molar-refractivity contribution in [2.75, 3.05) is 18.1 Å². The number of esters is 1. The molecule has 0 radical (unpaired) electrons. The Morgan fingerprint density at radius 2 is 2.11 bits per heavy atom. The molecule has 0 aromatic carbocycles. The highest BCUT2D eigenvalue weighted by Crippen LogP contribution is 2.05. The fraction of sp³-hybridized carbons (Fsp3) is 0.200. The lowest BCUT2D eigenvalue weighted by atomic mass is 10.2. The standard InChI is InChI=1S/C10H12N4O4/c1-2-18-9(17)6(15)4-3-5-7(11)13-10(12)14-8(5)16/h3-4H,2H2,1H3,(H5,11,12,13,14,16)/b4-3+. The summed E-state index contributed by atoms with van der Waals surface area (Å²) in [6.45, 7) is 1.66. The van der Waals surface area contributed by atoms with Crippen LogP contribution in [0.15, 0.2) is 10.9 Å². The third-order valence-electron chi connectivity index (χ3n) is 1.88. The van der Waals surface area contributed by atoms with Gasteiger partial charge in [-0.2, -0.15) is 4.98 Å². The number of hydrogen-bond donors (Lipinski definition) is 3. The zero-order valence-electron chi connectivity index (χ0n) is 9.60. The number of nitrogens with zero attached hydrogens (tertiary/aromatic N) is 1. The molecule has 0 amide bonds. The van der Waals surface area contributed by atoms with Crippen LogP contribution in [0.25, 0.3) is 6.08 Å². The third kappa shape index (κ3) is 3.17. The van der Waals surface area contributed by atoms with Crippen molar-refractivity contribution in [1.82, 2.24) is 9.97 Å². The number of rotatable bonds is 4. The van der Waals surface area contributed by atoms with Crippen molar-refractivity contribution in [3.63, 3.8) is 0 Å². The molecular formula is C10H12N4O4. The summed E-state index contributed by atoms with van der Waals surface area (Å²) in [5.41, 5.74) is 10.1. The van der Waals surface area contributed by atoms with Crippen LogP contribution in [0.1, 0.15) is 12.5 Å². The topological polar surface area (TPSA) is 141 Å². The number of hydrogen-bond acceptors (Lipinski definition) is 7. The maximum atomic E-state index is 11.4. The highest BCUT2D eigenvalue weighted by Gasteiger charge is 2.11. The van der Waals surface area contributed by atoms with Gasteiger partial charge in [0, 0.05) is 0 Å². The first-order chi connectivity index (χ1) is 8.45. The van der Waals surface area contributed by atoms with E-state index in [4.69, 9.17) is 11.5 Å². The second-order valence-corrected chi connectivity index (χ2v) is 3.17. The van der Waals surface area contributed by atoms with E-state index in [9.17, 15) is 14.4 Å². The molecule has 18 heavy (non-hydrogen) atoms. The summed E-state index contributed by atoms with van der Waals surface area (Å²) >= 11 is 0. The van der Waals surface area contributed by atoms with Crippen molar-refractivity contribution < 1.29 is 14.3 Å². The fourth-order valence-corrected chi connectivity index (χ4v) is 1.11. The SMILES string of the molecule is CCOC(=O)C(=O)/C=C/c1c(N)nc(N)[nH]c1=O. The second kappa shape index (κ2) is 5.62. The van der Waals surface area contributed by atoms with Crippen molar-refractivity contribution in [2.45, 2.75) is 6.92 Å². The molecule has 0 saturated carbocycles. The molecule has 0 aliphatic heterocycles. The maximum absolute atomic E-state index is 11.4. The largest absolute Gasteiger partial charge is 0.460 e. The summed E-state index contributed by atoms with van der Waals surface area (Å²) in [7, 11) is 0. The van der Waals surface area contributed by atoms with Crippen LogP contribution < -0.4 is 17.0 Å². The van der Waals surface area contributed by atoms with Crippen LogP contribution in [0.4, 0.5) is 11.8 Å². The summed E-state index contributed by atoms with van der Waals surface area (Å²) < 4.78 is 4.48. The van der Waals surface area contributed by atoms with Crippen LogP contribution in [-0.2, 0) is 14.3 Å². The number of aromatic nitrogens is 2. The Balaban J connectivity index is 2.95. The first-order valence-corrected chi connectivity index (χ1v) is 5.00. The Morgan fingerprint density at radius 3 is 2.67 bits per heavy atom. The first kappa shape index (κ1) is 13.4. The van der Waals surface area contributed by atoms with Gasteiger partial charge in [0.05, 0.1) is 12.2 Å². The molecule has 1 heterocycles. The minimum atomic E-state index is -1.01. The average molecular weight is 252 g/mol. The Morgan fingerprint density at radius 1 is 1.44 bits per heavy atom. The van der Waals surface area contributed by atoms with Gasteiger partial charge in [0.25, 0.3) is 11.3 Å². The van der Waals surface area contributed by atoms with Gasteiger partial charge >= 0.3 is 5.97 Å². The number of nitrogens with one attached hydrogen (secondary N) is 1. The van der Waals surface area contributed by atoms with E-state index in [0.717, 1.165) is 12.2 Å². The summed E-state index contributed by atoms with van der Waals surface area (Å²) in [6.07, 6.45) is 1.97. The highest BCUT2D eigenvalue weighted by atomic mass is 16.5. The number of aromatic amines is 1. The first-order valence-electron chi connectivity index (χ1n) is 5.00. The molecule has 0 saturated heterocycles. The number of nitrogens with two attached hydrogens (primary N) is 2. The fourth-order valence-electron chi connectivity index (χ4n) is 1.11. The summed E-state index contributed by atoms with van der Waals surface area (Å²) in [5.74, 6) is -2.17. The molecule has 0 atom stereocenters. The Hall–Kier alpha value is -2.64. The summed E-state index contributed by atoms with van der Waals surface area (Å²) in [6, 6.07) is 0. The molecule has 5 N–H and O–H groups in total. The van der Waals surface area contributed by atoms with Gasteiger partial charge in [-0.1, -0.05) is 0 Å². The minimum absolute atomic E-state index is 0.0538. The average Bonchev–Trinajstić information content (AvgIpc) is 2.27. The normalized spacial score (nSPS) is 10.5. The van der Waals surface area contributed by atoms with Crippen molar-refractivity contribution in [1.29, 1.82) is 0 Å². The predicted octanol–water partition coefficient (Wildman–Crippen LogP) is -0.920. The minimum Gasteiger partial charge on any atom is -0.460 e. The number of H-pyrrole nitrogens is 1. The summed E-state index contributed by atoms with van der Waals surface area (Å²) in [5, 5.41) is 0. The van der Waals surface area contributed by atoms with Crippen LogP contribution in [0.2, 0.25) is 0 Å². The zero-order valence-corrected chi connectivity index (χ0v) is 9.60. The van der Waals surface area contributed by atoms with Crippen LogP contribution in [0, 0.1) is 0 Å². The second-order valence-electron chi connectivity index (χ2n) is 3.17. The molecule has 1 aromatic heterocycles. The van der Waals surface area contributed by atoms with Crippen molar-refractivity contribution >= 4 is 29.6 Å². The van der Waals surface area contributed by atoms with Crippen molar-refractivity contribution in [3.8, 4) is 0 Å². The van der Waals surface area contributed by atoms with Gasteiger partial charge < -0.3 is 16.2 Å². The smallest absolute Gasteiger partial charge is 0.379 e. The number of anilines is 2. The molecule has 96 valence electrons. The van der Waals surface area contributed by atoms with Crippen molar-refractivity contribution in [3.05, 3.63) is 22.0 Å². The number of ether oxygens (including phenoxy) is 1. The lowest BCUT2D eigenvalue weighted by molar-refractivity contribution is -0.151. The number of carbonyl (C=O) groups excluding carboxylic acids is 2. The molecule has 1 aromatic rings. The Bertz CT molecular complexity index is 561. The van der Waals surface area contributed by atoms with E-state index in [-0.39, 0.29) is 23.9 Å². The lowest BCUT2D eigenvalue weighted by Gasteiger charge is -1.99. The summed E-state index contributed by atoms with van der Waals surface area (Å²) in [4.78, 5) is 39.5. The van der Waals surface area contributed by atoms with Gasteiger partial charge in [-0.05, 0) is 19.1 Å². The molecule has 0 aliphatic rings. The van der Waals surface area contributed by atoms with E-state index in [2.05, 4.69) is 14.7 Å². The predicted molar refractivity (Wildman–Crippen MR) is 64.4 cm³/mol. The van der Waals surface area contributed by atoms with E-state index >= 15 is 0 Å². The molecule has 0 aliphatic carbocycles. The van der Waals surface area contributed by atoms with Gasteiger partial charge in [0.2, 0.25) is 5.95 Å². The lowest BCUT2D eigenvalue weighted by Crippen LogP contribution is -2.18. The zero-order chi connectivity index (χ0) is 13.7. The Labute approximate surface area is 102 Å². The Kier molecular flexibility index (Phi) is 4.19. The monoisotopic (exact) mass is 252 g/mol.